The SMILES string of the molecule is O=C(Cc1ccc(F)cc1)CN1CC2CCCC2C1. The number of carbonyl (C=O) groups is 1. The molecule has 102 valence electrons. The number of likely N-dealkylation sites (tertiary alicyclic amines) is 1. The van der Waals surface area contributed by atoms with Gasteiger partial charge in [0.1, 0.15) is 5.82 Å². The van der Waals surface area contributed by atoms with Gasteiger partial charge in [-0.25, -0.2) is 4.39 Å². The van der Waals surface area contributed by atoms with E-state index in [-0.39, 0.29) is 11.6 Å². The molecule has 0 N–H and O–H groups in total. The first-order valence-electron chi connectivity index (χ1n) is 7.19. The Bertz CT molecular complexity index is 444. The van der Waals surface area contributed by atoms with Crippen molar-refractivity contribution in [2.24, 2.45) is 11.8 Å². The van der Waals surface area contributed by atoms with Crippen LogP contribution in [0.4, 0.5) is 4.39 Å². The van der Waals surface area contributed by atoms with E-state index < -0.39 is 0 Å². The third kappa shape index (κ3) is 3.03. The summed E-state index contributed by atoms with van der Waals surface area (Å²) < 4.78 is 12.8. The van der Waals surface area contributed by atoms with Crippen LogP contribution in [-0.2, 0) is 11.2 Å². The van der Waals surface area contributed by atoms with Crippen LogP contribution >= 0.6 is 0 Å². The summed E-state index contributed by atoms with van der Waals surface area (Å²) >= 11 is 0. The van der Waals surface area contributed by atoms with E-state index in [9.17, 15) is 9.18 Å². The molecular formula is C16H20FNO. The number of halogens is 1. The Morgan fingerprint density at radius 2 is 1.79 bits per heavy atom. The molecule has 1 saturated heterocycles. The predicted octanol–water partition coefficient (Wildman–Crippen LogP) is 2.67. The number of nitrogens with zero attached hydrogens (tertiary/aromatic N) is 1. The van der Waals surface area contributed by atoms with Gasteiger partial charge in [0, 0.05) is 19.5 Å². The van der Waals surface area contributed by atoms with E-state index in [0.717, 1.165) is 30.5 Å². The lowest BCUT2D eigenvalue weighted by atomic mass is 10.0. The maximum absolute atomic E-state index is 12.8. The van der Waals surface area contributed by atoms with Crippen LogP contribution in [0.15, 0.2) is 24.3 Å². The van der Waals surface area contributed by atoms with Crippen molar-refractivity contribution in [3.05, 3.63) is 35.6 Å². The molecule has 1 aliphatic carbocycles. The third-order valence-corrected chi connectivity index (χ3v) is 4.52. The summed E-state index contributed by atoms with van der Waals surface area (Å²) in [5.74, 6) is 1.66. The molecule has 1 aromatic carbocycles. The Labute approximate surface area is 113 Å². The highest BCUT2D eigenvalue weighted by Gasteiger charge is 2.36. The second kappa shape index (κ2) is 5.41. The minimum atomic E-state index is -0.247. The molecule has 2 atom stereocenters. The number of fused-ring (bicyclic) bond motifs is 1. The van der Waals surface area contributed by atoms with Crippen LogP contribution in [0.5, 0.6) is 0 Å². The van der Waals surface area contributed by atoms with Crippen LogP contribution in [0, 0.1) is 17.7 Å². The minimum Gasteiger partial charge on any atom is -0.298 e. The highest BCUT2D eigenvalue weighted by molar-refractivity contribution is 5.82. The topological polar surface area (TPSA) is 20.3 Å². The second-order valence-electron chi connectivity index (χ2n) is 5.99. The number of carbonyl (C=O) groups excluding carboxylic acids is 1. The van der Waals surface area contributed by atoms with E-state index in [1.807, 2.05) is 0 Å². The van der Waals surface area contributed by atoms with Crippen LogP contribution in [0.25, 0.3) is 0 Å². The molecule has 2 fully saturated rings. The van der Waals surface area contributed by atoms with Gasteiger partial charge in [-0.1, -0.05) is 18.6 Å². The van der Waals surface area contributed by atoms with Crippen molar-refractivity contribution in [3.8, 4) is 0 Å². The van der Waals surface area contributed by atoms with Crippen molar-refractivity contribution in [3.63, 3.8) is 0 Å². The fourth-order valence-corrected chi connectivity index (χ4v) is 3.60. The summed E-state index contributed by atoms with van der Waals surface area (Å²) in [5.41, 5.74) is 0.908. The van der Waals surface area contributed by atoms with Crippen molar-refractivity contribution >= 4 is 5.78 Å². The van der Waals surface area contributed by atoms with Gasteiger partial charge in [-0.15, -0.1) is 0 Å². The zero-order valence-corrected chi connectivity index (χ0v) is 11.1. The van der Waals surface area contributed by atoms with Crippen molar-refractivity contribution in [2.45, 2.75) is 25.7 Å². The fourth-order valence-electron chi connectivity index (χ4n) is 3.60. The summed E-state index contributed by atoms with van der Waals surface area (Å²) in [6, 6.07) is 6.24. The summed E-state index contributed by atoms with van der Waals surface area (Å²) in [5, 5.41) is 0. The number of ketones is 1. The largest absolute Gasteiger partial charge is 0.298 e. The summed E-state index contributed by atoms with van der Waals surface area (Å²) in [6.07, 6.45) is 4.47. The first kappa shape index (κ1) is 12.8. The van der Waals surface area contributed by atoms with Crippen LogP contribution in [0.1, 0.15) is 24.8 Å². The van der Waals surface area contributed by atoms with Crippen LogP contribution in [0.3, 0.4) is 0 Å². The van der Waals surface area contributed by atoms with E-state index in [1.165, 1.54) is 31.4 Å². The van der Waals surface area contributed by atoms with Gasteiger partial charge in [-0.2, -0.15) is 0 Å². The first-order valence-corrected chi connectivity index (χ1v) is 7.19. The molecule has 0 spiro atoms. The monoisotopic (exact) mass is 261 g/mol. The average Bonchev–Trinajstić information content (AvgIpc) is 2.92. The Kier molecular flexibility index (Phi) is 3.65. The number of benzene rings is 1. The molecular weight excluding hydrogens is 241 g/mol. The minimum absolute atomic E-state index is 0.242. The Morgan fingerprint density at radius 1 is 1.16 bits per heavy atom. The molecule has 0 bridgehead atoms. The molecule has 3 heteroatoms. The zero-order valence-electron chi connectivity index (χ0n) is 11.1. The maximum atomic E-state index is 12.8. The van der Waals surface area contributed by atoms with Gasteiger partial charge in [0.15, 0.2) is 5.78 Å². The normalized spacial score (nSPS) is 26.6. The zero-order chi connectivity index (χ0) is 13.2. The van der Waals surface area contributed by atoms with Crippen LogP contribution < -0.4 is 0 Å². The Morgan fingerprint density at radius 3 is 2.42 bits per heavy atom. The molecule has 1 heterocycles. The second-order valence-corrected chi connectivity index (χ2v) is 5.99. The van der Waals surface area contributed by atoms with Gasteiger partial charge in [0.25, 0.3) is 0 Å². The lowest BCUT2D eigenvalue weighted by Gasteiger charge is -2.15. The van der Waals surface area contributed by atoms with E-state index in [2.05, 4.69) is 4.90 Å². The first-order chi connectivity index (χ1) is 9.20. The lowest BCUT2D eigenvalue weighted by Crippen LogP contribution is -2.29. The standard InChI is InChI=1S/C16H20FNO/c17-15-6-4-12(5-7-15)8-16(19)11-18-9-13-2-1-3-14(13)10-18/h4-7,13-14H,1-3,8-11H2. The smallest absolute Gasteiger partial charge is 0.151 e. The summed E-state index contributed by atoms with van der Waals surface area (Å²) in [6.45, 7) is 2.75. The van der Waals surface area contributed by atoms with Crippen molar-refractivity contribution < 1.29 is 9.18 Å². The van der Waals surface area contributed by atoms with Crippen molar-refractivity contribution in [1.29, 1.82) is 0 Å². The molecule has 19 heavy (non-hydrogen) atoms. The van der Waals surface area contributed by atoms with Crippen LogP contribution in [0.2, 0.25) is 0 Å². The molecule has 2 nitrogen and oxygen atoms in total. The molecule has 0 radical (unpaired) electrons. The van der Waals surface area contributed by atoms with E-state index in [0.29, 0.717) is 13.0 Å². The molecule has 3 rings (SSSR count). The number of Topliss-reactive ketones (excluding diaryl/α,β-unsaturated/α-hetero) is 1. The van der Waals surface area contributed by atoms with Crippen molar-refractivity contribution in [2.75, 3.05) is 19.6 Å². The van der Waals surface area contributed by atoms with E-state index >= 15 is 0 Å². The van der Waals surface area contributed by atoms with Gasteiger partial charge in [0.05, 0.1) is 6.54 Å². The number of hydrogen-bond donors (Lipinski definition) is 0. The van der Waals surface area contributed by atoms with Gasteiger partial charge >= 0.3 is 0 Å². The fraction of sp³-hybridized carbons (Fsp3) is 0.562. The van der Waals surface area contributed by atoms with Gasteiger partial charge in [-0.05, 0) is 42.4 Å². The molecule has 0 aromatic heterocycles. The van der Waals surface area contributed by atoms with E-state index in [4.69, 9.17) is 0 Å². The Balaban J connectivity index is 1.50. The highest BCUT2D eigenvalue weighted by Crippen LogP contribution is 2.37. The van der Waals surface area contributed by atoms with Crippen LogP contribution in [-0.4, -0.2) is 30.3 Å². The molecule has 1 aromatic rings. The average molecular weight is 261 g/mol. The van der Waals surface area contributed by atoms with Gasteiger partial charge in [-0.3, -0.25) is 9.69 Å². The molecule has 1 aliphatic heterocycles. The molecule has 1 saturated carbocycles. The van der Waals surface area contributed by atoms with Gasteiger partial charge < -0.3 is 0 Å². The molecule has 2 aliphatic rings. The highest BCUT2D eigenvalue weighted by atomic mass is 19.1. The summed E-state index contributed by atoms with van der Waals surface area (Å²) in [7, 11) is 0. The molecule has 0 amide bonds. The molecule has 2 unspecified atom stereocenters. The quantitative estimate of drug-likeness (QED) is 0.830. The third-order valence-electron chi connectivity index (χ3n) is 4.52. The van der Waals surface area contributed by atoms with Crippen molar-refractivity contribution in [1.82, 2.24) is 4.90 Å². The predicted molar refractivity (Wildman–Crippen MR) is 72.4 cm³/mol. The lowest BCUT2D eigenvalue weighted by molar-refractivity contribution is -0.119. The van der Waals surface area contributed by atoms with E-state index in [1.54, 1.807) is 12.1 Å². The van der Waals surface area contributed by atoms with Gasteiger partial charge in [0.2, 0.25) is 0 Å². The number of rotatable bonds is 4. The maximum Gasteiger partial charge on any atom is 0.151 e. The summed E-state index contributed by atoms with van der Waals surface area (Å²) in [4.78, 5) is 14.3. The number of hydrogen-bond acceptors (Lipinski definition) is 2. The Hall–Kier alpha value is -1.22.